The van der Waals surface area contributed by atoms with Crippen molar-refractivity contribution >= 4 is 11.5 Å². The molecule has 0 aliphatic heterocycles. The van der Waals surface area contributed by atoms with E-state index >= 15 is 0 Å². The highest BCUT2D eigenvalue weighted by atomic mass is 16.3. The molecular formula is C15H21NO2. The van der Waals surface area contributed by atoms with Gasteiger partial charge in [0.1, 0.15) is 5.75 Å². The number of phenols is 1. The van der Waals surface area contributed by atoms with Gasteiger partial charge in [-0.1, -0.05) is 0 Å². The Morgan fingerprint density at radius 1 is 0.944 bits per heavy atom. The third-order valence-corrected chi connectivity index (χ3v) is 3.96. The molecule has 0 radical (unpaired) electrons. The number of hydrogen-bond acceptors (Lipinski definition) is 2. The number of rotatable bonds is 2. The molecule has 3 N–H and O–H groups in total. The zero-order chi connectivity index (χ0) is 14.2. The molecule has 0 heterocycles. The molecular weight excluding hydrogens is 226 g/mol. The van der Waals surface area contributed by atoms with Crippen LogP contribution in [-0.2, 0) is 4.79 Å². The molecule has 0 aliphatic carbocycles. The lowest BCUT2D eigenvalue weighted by atomic mass is 9.88. The Morgan fingerprint density at radius 3 is 1.83 bits per heavy atom. The summed E-state index contributed by atoms with van der Waals surface area (Å²) < 4.78 is 0. The van der Waals surface area contributed by atoms with Crippen LogP contribution in [0.15, 0.2) is 5.57 Å². The lowest BCUT2D eigenvalue weighted by Gasteiger charge is -2.18. The Morgan fingerprint density at radius 2 is 1.39 bits per heavy atom. The number of allylic oxidation sites excluding steroid dienone is 1. The Hall–Kier alpha value is -1.77. The molecule has 0 saturated heterocycles. The molecule has 0 atom stereocenters. The first-order valence-corrected chi connectivity index (χ1v) is 5.97. The number of carbonyl (C=O) groups excluding carboxylic acids is 1. The molecule has 98 valence electrons. The van der Waals surface area contributed by atoms with Gasteiger partial charge in [-0.15, -0.1) is 0 Å². The van der Waals surface area contributed by atoms with Crippen LogP contribution in [0.1, 0.15) is 41.7 Å². The van der Waals surface area contributed by atoms with Crippen molar-refractivity contribution in [2.45, 2.75) is 41.5 Å². The molecule has 0 spiro atoms. The van der Waals surface area contributed by atoms with Crippen molar-refractivity contribution in [3.63, 3.8) is 0 Å². The van der Waals surface area contributed by atoms with Crippen LogP contribution in [-0.4, -0.2) is 11.0 Å². The van der Waals surface area contributed by atoms with Gasteiger partial charge >= 0.3 is 0 Å². The fourth-order valence-electron chi connectivity index (χ4n) is 2.12. The first kappa shape index (κ1) is 14.3. The molecule has 1 aromatic rings. The Labute approximate surface area is 108 Å². The van der Waals surface area contributed by atoms with Crippen molar-refractivity contribution in [3.05, 3.63) is 33.4 Å². The van der Waals surface area contributed by atoms with E-state index in [2.05, 4.69) is 0 Å². The van der Waals surface area contributed by atoms with Crippen molar-refractivity contribution in [1.29, 1.82) is 0 Å². The number of benzene rings is 1. The lowest BCUT2D eigenvalue weighted by molar-refractivity contribution is -0.114. The van der Waals surface area contributed by atoms with Crippen LogP contribution < -0.4 is 5.73 Å². The minimum atomic E-state index is -0.456. The Balaban J connectivity index is 3.73. The second-order valence-electron chi connectivity index (χ2n) is 4.84. The van der Waals surface area contributed by atoms with Gasteiger partial charge in [0, 0.05) is 11.1 Å². The summed E-state index contributed by atoms with van der Waals surface area (Å²) in [6.07, 6.45) is 0. The van der Waals surface area contributed by atoms with Crippen molar-refractivity contribution in [3.8, 4) is 5.75 Å². The van der Waals surface area contributed by atoms with Crippen LogP contribution in [0.5, 0.6) is 5.75 Å². The van der Waals surface area contributed by atoms with Crippen LogP contribution >= 0.6 is 0 Å². The van der Waals surface area contributed by atoms with Gasteiger partial charge in [-0.3, -0.25) is 4.79 Å². The highest BCUT2D eigenvalue weighted by Crippen LogP contribution is 2.37. The molecule has 0 unspecified atom stereocenters. The van der Waals surface area contributed by atoms with E-state index in [0.717, 1.165) is 33.4 Å². The first-order valence-electron chi connectivity index (χ1n) is 5.97. The van der Waals surface area contributed by atoms with E-state index < -0.39 is 5.91 Å². The largest absolute Gasteiger partial charge is 0.507 e. The second kappa shape index (κ2) is 4.84. The average Bonchev–Trinajstić information content (AvgIpc) is 2.32. The van der Waals surface area contributed by atoms with E-state index in [1.807, 2.05) is 34.6 Å². The van der Waals surface area contributed by atoms with E-state index in [1.165, 1.54) is 0 Å². The summed E-state index contributed by atoms with van der Waals surface area (Å²) >= 11 is 0. The summed E-state index contributed by atoms with van der Waals surface area (Å²) in [7, 11) is 0. The maximum Gasteiger partial charge on any atom is 0.244 e. The summed E-state index contributed by atoms with van der Waals surface area (Å²) in [5.74, 6) is -0.212. The SMILES string of the molecule is C/C(C(N)=O)=C(/C)c1c(C)c(C)c(C)c(C)c1O. The van der Waals surface area contributed by atoms with Crippen LogP contribution in [0.25, 0.3) is 5.57 Å². The zero-order valence-corrected chi connectivity index (χ0v) is 11.9. The summed E-state index contributed by atoms with van der Waals surface area (Å²) in [6, 6.07) is 0. The molecule has 0 aliphatic rings. The van der Waals surface area contributed by atoms with Gasteiger partial charge in [-0.05, 0) is 69.4 Å². The van der Waals surface area contributed by atoms with E-state index in [0.29, 0.717) is 5.57 Å². The highest BCUT2D eigenvalue weighted by Gasteiger charge is 2.17. The topological polar surface area (TPSA) is 63.3 Å². The van der Waals surface area contributed by atoms with E-state index in [9.17, 15) is 9.90 Å². The number of hydrogen-bond donors (Lipinski definition) is 2. The minimum absolute atomic E-state index is 0.244. The number of primary amides is 1. The minimum Gasteiger partial charge on any atom is -0.507 e. The average molecular weight is 247 g/mol. The summed E-state index contributed by atoms with van der Waals surface area (Å²) in [5, 5.41) is 10.3. The smallest absolute Gasteiger partial charge is 0.244 e. The van der Waals surface area contributed by atoms with Gasteiger partial charge in [0.25, 0.3) is 0 Å². The van der Waals surface area contributed by atoms with E-state index in [4.69, 9.17) is 5.73 Å². The fourth-order valence-corrected chi connectivity index (χ4v) is 2.12. The molecule has 0 bridgehead atoms. The maximum absolute atomic E-state index is 11.3. The number of carbonyl (C=O) groups is 1. The van der Waals surface area contributed by atoms with Gasteiger partial charge < -0.3 is 10.8 Å². The quantitative estimate of drug-likeness (QED) is 0.789. The van der Waals surface area contributed by atoms with Crippen LogP contribution in [0, 0.1) is 27.7 Å². The summed E-state index contributed by atoms with van der Waals surface area (Å²) in [5.41, 5.74) is 11.3. The zero-order valence-electron chi connectivity index (χ0n) is 11.9. The van der Waals surface area contributed by atoms with Crippen molar-refractivity contribution in [2.75, 3.05) is 0 Å². The van der Waals surface area contributed by atoms with Crippen molar-refractivity contribution in [2.24, 2.45) is 5.73 Å². The predicted octanol–water partition coefficient (Wildman–Crippen LogP) is 2.90. The van der Waals surface area contributed by atoms with Crippen LogP contribution in [0.3, 0.4) is 0 Å². The molecule has 0 saturated carbocycles. The Bertz CT molecular complexity index is 525. The van der Waals surface area contributed by atoms with Crippen LogP contribution in [0.4, 0.5) is 0 Å². The van der Waals surface area contributed by atoms with Gasteiger partial charge in [-0.2, -0.15) is 0 Å². The molecule has 0 fully saturated rings. The van der Waals surface area contributed by atoms with Crippen molar-refractivity contribution in [1.82, 2.24) is 0 Å². The third-order valence-electron chi connectivity index (χ3n) is 3.96. The van der Waals surface area contributed by atoms with Crippen molar-refractivity contribution < 1.29 is 9.90 Å². The van der Waals surface area contributed by atoms with Gasteiger partial charge in [0.15, 0.2) is 0 Å². The second-order valence-corrected chi connectivity index (χ2v) is 4.84. The van der Waals surface area contributed by atoms with Gasteiger partial charge in [0.2, 0.25) is 5.91 Å². The molecule has 3 heteroatoms. The number of nitrogens with two attached hydrogens (primary N) is 1. The highest BCUT2D eigenvalue weighted by molar-refractivity contribution is 6.00. The predicted molar refractivity (Wildman–Crippen MR) is 74.5 cm³/mol. The first-order chi connectivity index (χ1) is 8.20. The van der Waals surface area contributed by atoms with E-state index in [1.54, 1.807) is 6.92 Å². The van der Waals surface area contributed by atoms with Crippen LogP contribution in [0.2, 0.25) is 0 Å². The molecule has 1 rings (SSSR count). The molecule has 1 aromatic carbocycles. The summed E-state index contributed by atoms with van der Waals surface area (Å²) in [4.78, 5) is 11.3. The number of phenolic OH excluding ortho intramolecular Hbond substituents is 1. The van der Waals surface area contributed by atoms with E-state index in [-0.39, 0.29) is 5.75 Å². The number of aromatic hydroxyl groups is 1. The lowest BCUT2D eigenvalue weighted by Crippen LogP contribution is -2.13. The fraction of sp³-hybridized carbons (Fsp3) is 0.400. The van der Waals surface area contributed by atoms with Gasteiger partial charge in [-0.25, -0.2) is 0 Å². The number of amides is 1. The monoisotopic (exact) mass is 247 g/mol. The standard InChI is InChI=1S/C15H21NO2/c1-7-8(2)11(5)14(17)13(9(7)3)10(4)12(6)15(16)18/h17H,1-6H3,(H2,16,18)/b12-10+. The molecule has 1 amide bonds. The summed E-state index contributed by atoms with van der Waals surface area (Å²) in [6.45, 7) is 11.3. The van der Waals surface area contributed by atoms with Gasteiger partial charge in [0.05, 0.1) is 0 Å². The molecule has 0 aromatic heterocycles. The normalized spacial score (nSPS) is 12.3. The molecule has 3 nitrogen and oxygen atoms in total. The Kier molecular flexibility index (Phi) is 3.85. The molecule has 18 heavy (non-hydrogen) atoms. The maximum atomic E-state index is 11.3. The third kappa shape index (κ3) is 2.13.